The highest BCUT2D eigenvalue weighted by molar-refractivity contribution is 7.91. The van der Waals surface area contributed by atoms with Gasteiger partial charge in [-0.25, -0.2) is 13.2 Å². The lowest BCUT2D eigenvalue weighted by Crippen LogP contribution is -2.40. The van der Waals surface area contributed by atoms with Gasteiger partial charge in [-0.2, -0.15) is 13.2 Å². The van der Waals surface area contributed by atoms with Gasteiger partial charge in [0.05, 0.1) is 20.4 Å². The SMILES string of the molecule is O=C(O)C1=Cc2cc(Cl)c(S(=O)(=O)c3ccc(Cl)cc3)cc2OC1C(F)(F)F. The second kappa shape index (κ2) is 6.98. The lowest BCUT2D eigenvalue weighted by molar-refractivity contribution is -0.187. The summed E-state index contributed by atoms with van der Waals surface area (Å²) in [4.78, 5) is 10.5. The van der Waals surface area contributed by atoms with Crippen molar-refractivity contribution >= 4 is 45.1 Å². The van der Waals surface area contributed by atoms with Gasteiger partial charge < -0.3 is 9.84 Å². The Kier molecular flexibility index (Phi) is 5.11. The number of alkyl halides is 3. The van der Waals surface area contributed by atoms with Gasteiger partial charge in [-0.15, -0.1) is 0 Å². The number of ether oxygens (including phenoxy) is 1. The monoisotopic (exact) mass is 452 g/mol. The molecule has 0 fully saturated rings. The lowest BCUT2D eigenvalue weighted by Gasteiger charge is -2.27. The van der Waals surface area contributed by atoms with E-state index in [1.165, 1.54) is 24.3 Å². The maximum absolute atomic E-state index is 13.2. The summed E-state index contributed by atoms with van der Waals surface area (Å²) in [6.07, 6.45) is -7.01. The Morgan fingerprint density at radius 1 is 1.11 bits per heavy atom. The van der Waals surface area contributed by atoms with E-state index in [-0.39, 0.29) is 20.5 Å². The fourth-order valence-corrected chi connectivity index (χ4v) is 4.49. The Morgan fingerprint density at radius 2 is 1.71 bits per heavy atom. The van der Waals surface area contributed by atoms with Crippen LogP contribution < -0.4 is 4.74 Å². The number of aliphatic carboxylic acids is 1. The summed E-state index contributed by atoms with van der Waals surface area (Å²) >= 11 is 11.8. The molecule has 1 unspecified atom stereocenters. The molecule has 0 aromatic heterocycles. The molecule has 1 N–H and O–H groups in total. The van der Waals surface area contributed by atoms with Gasteiger partial charge in [-0.05, 0) is 36.4 Å². The summed E-state index contributed by atoms with van der Waals surface area (Å²) in [7, 11) is -4.19. The van der Waals surface area contributed by atoms with Gasteiger partial charge in [0, 0.05) is 16.7 Å². The van der Waals surface area contributed by atoms with Crippen LogP contribution in [0.1, 0.15) is 5.56 Å². The molecular weight excluding hydrogens is 444 g/mol. The third-order valence-corrected chi connectivity index (χ3v) is 6.35. The number of hydrogen-bond acceptors (Lipinski definition) is 4. The molecule has 0 radical (unpaired) electrons. The first kappa shape index (κ1) is 20.5. The van der Waals surface area contributed by atoms with Crippen molar-refractivity contribution in [2.45, 2.75) is 22.1 Å². The van der Waals surface area contributed by atoms with Gasteiger partial charge >= 0.3 is 12.1 Å². The molecular formula is C17H9Cl2F3O5S. The molecule has 1 atom stereocenters. The average molecular weight is 453 g/mol. The van der Waals surface area contributed by atoms with E-state index >= 15 is 0 Å². The third kappa shape index (κ3) is 3.69. The molecule has 0 saturated heterocycles. The zero-order chi connectivity index (χ0) is 20.9. The van der Waals surface area contributed by atoms with Crippen molar-refractivity contribution in [2.75, 3.05) is 0 Å². The van der Waals surface area contributed by atoms with Crippen LogP contribution >= 0.6 is 23.2 Å². The van der Waals surface area contributed by atoms with Crippen LogP contribution in [0.5, 0.6) is 5.75 Å². The maximum Gasteiger partial charge on any atom is 0.430 e. The number of halogens is 5. The van der Waals surface area contributed by atoms with E-state index in [2.05, 4.69) is 0 Å². The van der Waals surface area contributed by atoms with E-state index in [0.29, 0.717) is 0 Å². The number of hydrogen-bond donors (Lipinski definition) is 1. The van der Waals surface area contributed by atoms with E-state index < -0.39 is 44.3 Å². The predicted octanol–water partition coefficient (Wildman–Crippen LogP) is 4.62. The van der Waals surface area contributed by atoms with Gasteiger partial charge in [0.2, 0.25) is 15.9 Å². The van der Waals surface area contributed by atoms with Crippen LogP contribution in [0.2, 0.25) is 10.0 Å². The summed E-state index contributed by atoms with van der Waals surface area (Å²) in [5, 5.41) is 9.02. The first-order valence-electron chi connectivity index (χ1n) is 7.43. The molecule has 0 saturated carbocycles. The van der Waals surface area contributed by atoms with E-state index in [4.69, 9.17) is 33.0 Å². The number of fused-ring (bicyclic) bond motifs is 1. The van der Waals surface area contributed by atoms with Crippen LogP contribution in [0.15, 0.2) is 51.8 Å². The molecule has 28 heavy (non-hydrogen) atoms. The summed E-state index contributed by atoms with van der Waals surface area (Å²) in [5.41, 5.74) is -1.12. The van der Waals surface area contributed by atoms with Gasteiger partial charge in [0.15, 0.2) is 0 Å². The Labute approximate surface area is 166 Å². The van der Waals surface area contributed by atoms with Crippen molar-refractivity contribution in [1.82, 2.24) is 0 Å². The zero-order valence-electron chi connectivity index (χ0n) is 13.5. The molecule has 0 amide bonds. The highest BCUT2D eigenvalue weighted by atomic mass is 35.5. The van der Waals surface area contributed by atoms with Crippen molar-refractivity contribution in [1.29, 1.82) is 0 Å². The van der Waals surface area contributed by atoms with Crippen LogP contribution in [-0.2, 0) is 14.6 Å². The van der Waals surface area contributed by atoms with Crippen LogP contribution in [-0.4, -0.2) is 31.8 Å². The van der Waals surface area contributed by atoms with Crippen molar-refractivity contribution in [3.63, 3.8) is 0 Å². The van der Waals surface area contributed by atoms with Crippen LogP contribution in [0.3, 0.4) is 0 Å². The van der Waals surface area contributed by atoms with Crippen LogP contribution in [0.25, 0.3) is 6.08 Å². The Balaban J connectivity index is 2.15. The average Bonchev–Trinajstić information content (AvgIpc) is 2.59. The standard InChI is InChI=1S/C17H9Cl2F3O5S/c18-9-1-3-10(4-2-9)28(25,26)14-7-13-8(6-12(14)19)5-11(16(23)24)15(27-13)17(20,21)22/h1-7,15H,(H,23,24). The fourth-order valence-electron chi connectivity index (χ4n) is 2.56. The van der Waals surface area contributed by atoms with E-state index in [9.17, 15) is 26.4 Å². The normalized spacial score (nSPS) is 16.8. The summed E-state index contributed by atoms with van der Waals surface area (Å²) in [5.74, 6) is -2.27. The van der Waals surface area contributed by atoms with Gasteiger partial charge in [-0.3, -0.25) is 0 Å². The molecule has 11 heteroatoms. The van der Waals surface area contributed by atoms with Gasteiger partial charge in [0.25, 0.3) is 0 Å². The maximum atomic E-state index is 13.2. The second-order valence-electron chi connectivity index (χ2n) is 5.72. The van der Waals surface area contributed by atoms with E-state index in [0.717, 1.165) is 18.2 Å². The lowest BCUT2D eigenvalue weighted by atomic mass is 10.0. The van der Waals surface area contributed by atoms with E-state index in [1.54, 1.807) is 0 Å². The molecule has 1 heterocycles. The van der Waals surface area contributed by atoms with Crippen LogP contribution in [0, 0.1) is 0 Å². The number of carbonyl (C=O) groups is 1. The molecule has 0 spiro atoms. The molecule has 0 bridgehead atoms. The second-order valence-corrected chi connectivity index (χ2v) is 8.48. The molecule has 5 nitrogen and oxygen atoms in total. The van der Waals surface area contributed by atoms with Gasteiger partial charge in [-0.1, -0.05) is 23.2 Å². The number of sulfone groups is 1. The van der Waals surface area contributed by atoms with Gasteiger partial charge in [0.1, 0.15) is 5.75 Å². The first-order chi connectivity index (χ1) is 12.9. The Bertz CT molecular complexity index is 1090. The minimum Gasteiger partial charge on any atom is -0.478 e. The molecule has 2 aromatic rings. The summed E-state index contributed by atoms with van der Waals surface area (Å²) in [6, 6.07) is 6.98. The number of carboxylic acids is 1. The Morgan fingerprint density at radius 3 is 2.25 bits per heavy atom. The smallest absolute Gasteiger partial charge is 0.430 e. The molecule has 1 aliphatic rings. The molecule has 0 aliphatic carbocycles. The highest BCUT2D eigenvalue weighted by Gasteiger charge is 2.48. The summed E-state index contributed by atoms with van der Waals surface area (Å²) < 4.78 is 69.9. The first-order valence-corrected chi connectivity index (χ1v) is 9.67. The third-order valence-electron chi connectivity index (χ3n) is 3.86. The topological polar surface area (TPSA) is 80.7 Å². The molecule has 148 valence electrons. The highest BCUT2D eigenvalue weighted by Crippen LogP contribution is 2.41. The predicted molar refractivity (Wildman–Crippen MR) is 94.4 cm³/mol. The molecule has 2 aromatic carbocycles. The number of rotatable bonds is 3. The molecule has 3 rings (SSSR count). The van der Waals surface area contributed by atoms with Crippen molar-refractivity contribution in [2.24, 2.45) is 0 Å². The van der Waals surface area contributed by atoms with Crippen molar-refractivity contribution in [3.8, 4) is 5.75 Å². The molecule has 1 aliphatic heterocycles. The Hall–Kier alpha value is -2.23. The minimum atomic E-state index is -5.02. The van der Waals surface area contributed by atoms with E-state index in [1.807, 2.05) is 0 Å². The summed E-state index contributed by atoms with van der Waals surface area (Å²) in [6.45, 7) is 0. The van der Waals surface area contributed by atoms with Crippen molar-refractivity contribution < 1.29 is 36.2 Å². The fraction of sp³-hybridized carbons (Fsp3) is 0.118. The minimum absolute atomic E-state index is 0.0852. The number of benzene rings is 2. The van der Waals surface area contributed by atoms with Crippen LogP contribution in [0.4, 0.5) is 13.2 Å². The zero-order valence-corrected chi connectivity index (χ0v) is 15.8. The quantitative estimate of drug-likeness (QED) is 0.734. The van der Waals surface area contributed by atoms with Crippen molar-refractivity contribution in [3.05, 3.63) is 57.6 Å². The largest absolute Gasteiger partial charge is 0.478 e. The number of carboxylic acid groups (broad SMARTS) is 1.